The minimum atomic E-state index is -4.31. The second-order valence-corrected chi connectivity index (χ2v) is 9.89. The standard InChI is InChI=1S/C32H35F5N2O5/c1-41-29-20-24(11-15-28(29)42-19-5-17-31(33,34)35)32(36,37)44-26-13-7-22(8-14-26)9-16-30(40)43-18-4-2-3-6-23-10-12-25(38)21-27(23)39/h7-16,20-21H,2-6,17-19,38-39H2,1H3/b16-9+. The Hall–Kier alpha value is -4.48. The summed E-state index contributed by atoms with van der Waals surface area (Å²) in [5, 5.41) is 0. The van der Waals surface area contributed by atoms with Crippen molar-refractivity contribution in [2.45, 2.75) is 50.8 Å². The molecule has 0 aliphatic rings. The predicted molar refractivity (Wildman–Crippen MR) is 158 cm³/mol. The lowest BCUT2D eigenvalue weighted by Gasteiger charge is -2.20. The summed E-state index contributed by atoms with van der Waals surface area (Å²) in [4.78, 5) is 12.0. The van der Waals surface area contributed by atoms with Gasteiger partial charge in [-0.05, 0) is 91.8 Å². The van der Waals surface area contributed by atoms with Gasteiger partial charge >= 0.3 is 18.3 Å². The van der Waals surface area contributed by atoms with Gasteiger partial charge in [0.15, 0.2) is 11.5 Å². The fourth-order valence-electron chi connectivity index (χ4n) is 4.10. The fourth-order valence-corrected chi connectivity index (χ4v) is 4.10. The Bertz CT molecular complexity index is 1390. The van der Waals surface area contributed by atoms with E-state index in [1.165, 1.54) is 49.6 Å². The first-order valence-corrected chi connectivity index (χ1v) is 13.9. The van der Waals surface area contributed by atoms with Crippen LogP contribution in [0.4, 0.5) is 33.3 Å². The quantitative estimate of drug-likeness (QED) is 0.0555. The van der Waals surface area contributed by atoms with Gasteiger partial charge in [0, 0.05) is 23.9 Å². The molecule has 3 aromatic rings. The Balaban J connectivity index is 1.43. The van der Waals surface area contributed by atoms with Gasteiger partial charge in [0.2, 0.25) is 0 Å². The average Bonchev–Trinajstić information content (AvgIpc) is 2.97. The van der Waals surface area contributed by atoms with E-state index in [1.54, 1.807) is 6.07 Å². The van der Waals surface area contributed by atoms with Gasteiger partial charge in [0.25, 0.3) is 0 Å². The molecule has 0 spiro atoms. The molecule has 0 radical (unpaired) electrons. The van der Waals surface area contributed by atoms with Crippen LogP contribution in [0.5, 0.6) is 17.2 Å². The molecule has 44 heavy (non-hydrogen) atoms. The van der Waals surface area contributed by atoms with Crippen molar-refractivity contribution in [3.05, 3.63) is 83.4 Å². The van der Waals surface area contributed by atoms with Gasteiger partial charge in [-0.3, -0.25) is 0 Å². The van der Waals surface area contributed by atoms with Crippen molar-refractivity contribution in [2.75, 3.05) is 31.8 Å². The Morgan fingerprint density at radius 3 is 2.27 bits per heavy atom. The van der Waals surface area contributed by atoms with E-state index < -0.39 is 30.2 Å². The van der Waals surface area contributed by atoms with Crippen LogP contribution in [0, 0.1) is 0 Å². The van der Waals surface area contributed by atoms with Gasteiger partial charge < -0.3 is 30.4 Å². The molecule has 0 fully saturated rings. The molecule has 0 aromatic heterocycles. The van der Waals surface area contributed by atoms with Crippen molar-refractivity contribution in [1.29, 1.82) is 0 Å². The number of aryl methyl sites for hydroxylation is 1. The summed E-state index contributed by atoms with van der Waals surface area (Å²) in [6.07, 6.45) is -3.41. The number of carbonyl (C=O) groups is 1. The zero-order valence-corrected chi connectivity index (χ0v) is 24.2. The monoisotopic (exact) mass is 622 g/mol. The number of hydrogen-bond acceptors (Lipinski definition) is 7. The number of halogens is 5. The van der Waals surface area contributed by atoms with Crippen molar-refractivity contribution in [3.8, 4) is 17.2 Å². The van der Waals surface area contributed by atoms with E-state index in [9.17, 15) is 26.7 Å². The first kappa shape index (κ1) is 34.0. The smallest absolute Gasteiger partial charge is 0.426 e. The van der Waals surface area contributed by atoms with E-state index in [4.69, 9.17) is 30.4 Å². The highest BCUT2D eigenvalue weighted by atomic mass is 19.4. The zero-order valence-electron chi connectivity index (χ0n) is 24.2. The van der Waals surface area contributed by atoms with Crippen molar-refractivity contribution >= 4 is 23.4 Å². The average molecular weight is 623 g/mol. The highest BCUT2D eigenvalue weighted by Crippen LogP contribution is 2.37. The number of hydrogen-bond donors (Lipinski definition) is 2. The number of unbranched alkanes of at least 4 members (excludes halogenated alkanes) is 2. The molecule has 0 saturated heterocycles. The van der Waals surface area contributed by atoms with Gasteiger partial charge in [0.1, 0.15) is 5.75 Å². The van der Waals surface area contributed by atoms with E-state index in [-0.39, 0.29) is 36.9 Å². The summed E-state index contributed by atoms with van der Waals surface area (Å²) >= 11 is 0. The number of alkyl halides is 5. The molecule has 0 aliphatic carbocycles. The van der Waals surface area contributed by atoms with E-state index in [0.717, 1.165) is 37.0 Å². The van der Waals surface area contributed by atoms with Crippen LogP contribution in [-0.2, 0) is 22.1 Å². The van der Waals surface area contributed by atoms with Crippen molar-refractivity contribution in [2.24, 2.45) is 0 Å². The number of benzene rings is 3. The maximum absolute atomic E-state index is 14.9. The lowest BCUT2D eigenvalue weighted by atomic mass is 10.0. The van der Waals surface area contributed by atoms with Crippen molar-refractivity contribution < 1.29 is 45.7 Å². The summed E-state index contributed by atoms with van der Waals surface area (Å²) < 4.78 is 87.1. The second-order valence-electron chi connectivity index (χ2n) is 9.89. The molecule has 0 heterocycles. The van der Waals surface area contributed by atoms with Crippen LogP contribution in [0.1, 0.15) is 48.8 Å². The molecule has 0 atom stereocenters. The molecule has 12 heteroatoms. The van der Waals surface area contributed by atoms with Crippen LogP contribution < -0.4 is 25.7 Å². The second kappa shape index (κ2) is 15.8. The van der Waals surface area contributed by atoms with Crippen molar-refractivity contribution in [3.63, 3.8) is 0 Å². The number of anilines is 2. The predicted octanol–water partition coefficient (Wildman–Crippen LogP) is 7.68. The first-order chi connectivity index (χ1) is 20.9. The number of esters is 1. The third-order valence-electron chi connectivity index (χ3n) is 6.40. The Morgan fingerprint density at radius 2 is 1.59 bits per heavy atom. The summed E-state index contributed by atoms with van der Waals surface area (Å²) in [5.41, 5.74) is 14.0. The van der Waals surface area contributed by atoms with Crippen LogP contribution in [0.3, 0.4) is 0 Å². The van der Waals surface area contributed by atoms with Crippen LogP contribution in [0.2, 0.25) is 0 Å². The van der Waals surface area contributed by atoms with E-state index in [2.05, 4.69) is 0 Å². The van der Waals surface area contributed by atoms with Crippen LogP contribution in [0.25, 0.3) is 6.08 Å². The fraction of sp³-hybridized carbons (Fsp3) is 0.344. The van der Waals surface area contributed by atoms with Crippen LogP contribution >= 0.6 is 0 Å². The van der Waals surface area contributed by atoms with Crippen molar-refractivity contribution in [1.82, 2.24) is 0 Å². The summed E-state index contributed by atoms with van der Waals surface area (Å²) in [6.45, 7) is 0.00108. The lowest BCUT2D eigenvalue weighted by Crippen LogP contribution is -2.22. The number of nitrogens with two attached hydrogens (primary N) is 2. The summed E-state index contributed by atoms with van der Waals surface area (Å²) in [7, 11) is 1.23. The van der Waals surface area contributed by atoms with E-state index >= 15 is 0 Å². The molecule has 0 saturated carbocycles. The summed E-state index contributed by atoms with van der Waals surface area (Å²) in [5.74, 6) is -0.708. The summed E-state index contributed by atoms with van der Waals surface area (Å²) in [6, 6.07) is 14.3. The largest absolute Gasteiger partial charge is 0.493 e. The lowest BCUT2D eigenvalue weighted by molar-refractivity contribution is -0.185. The Kier molecular flexibility index (Phi) is 12.2. The molecule has 0 aliphatic heterocycles. The minimum Gasteiger partial charge on any atom is -0.493 e. The Morgan fingerprint density at radius 1 is 0.841 bits per heavy atom. The number of ether oxygens (including phenoxy) is 4. The minimum absolute atomic E-state index is 0.0314. The zero-order chi connectivity index (χ0) is 32.2. The maximum Gasteiger partial charge on any atom is 0.426 e. The maximum atomic E-state index is 14.9. The third kappa shape index (κ3) is 11.3. The Labute approximate surface area is 252 Å². The highest BCUT2D eigenvalue weighted by molar-refractivity contribution is 5.87. The normalized spacial score (nSPS) is 11.9. The van der Waals surface area contributed by atoms with Gasteiger partial charge in [-0.1, -0.05) is 18.2 Å². The van der Waals surface area contributed by atoms with Gasteiger partial charge in [-0.15, -0.1) is 0 Å². The molecule has 0 bridgehead atoms. The highest BCUT2D eigenvalue weighted by Gasteiger charge is 2.35. The molecule has 0 unspecified atom stereocenters. The molecule has 3 rings (SSSR count). The number of methoxy groups -OCH3 is 1. The van der Waals surface area contributed by atoms with E-state index in [1.807, 2.05) is 12.1 Å². The van der Waals surface area contributed by atoms with Crippen LogP contribution in [0.15, 0.2) is 66.7 Å². The molecule has 0 amide bonds. The van der Waals surface area contributed by atoms with Gasteiger partial charge in [-0.25, -0.2) is 4.79 Å². The SMILES string of the molecule is COc1cc(C(F)(F)Oc2ccc(/C=C/C(=O)OCCCCCc3ccc(N)cc3N)cc2)ccc1OCCCC(F)(F)F. The molecular formula is C32H35F5N2O5. The van der Waals surface area contributed by atoms with Gasteiger partial charge in [-0.2, -0.15) is 22.0 Å². The molecule has 238 valence electrons. The van der Waals surface area contributed by atoms with Gasteiger partial charge in [0.05, 0.1) is 25.9 Å². The third-order valence-corrected chi connectivity index (χ3v) is 6.40. The first-order valence-electron chi connectivity index (χ1n) is 13.9. The van der Waals surface area contributed by atoms with Crippen LogP contribution in [-0.4, -0.2) is 32.5 Å². The molecular weight excluding hydrogens is 587 g/mol. The number of rotatable bonds is 16. The van der Waals surface area contributed by atoms with E-state index in [0.29, 0.717) is 23.4 Å². The molecule has 7 nitrogen and oxygen atoms in total. The number of nitrogen functional groups attached to an aromatic ring is 2. The molecule has 3 aromatic carbocycles. The number of carbonyl (C=O) groups excluding carboxylic acids is 1. The molecule has 4 N–H and O–H groups in total. The topological polar surface area (TPSA) is 106 Å².